The largest absolute Gasteiger partial charge is 0.465 e. The number of hydrogen-bond acceptors (Lipinski definition) is 3. The standard InChI is InChI=1S/C18H20FN3O2/c19-16-4-1-14(2-5-16)15-3-6-17(20-12-15)22-9-7-13(8-10-22)11-21-18(23)24/h1-6,12-13,21H,7-11H2,(H,23,24). The summed E-state index contributed by atoms with van der Waals surface area (Å²) in [5.74, 6) is 1.06. The molecule has 1 saturated heterocycles. The van der Waals surface area contributed by atoms with Crippen molar-refractivity contribution in [2.75, 3.05) is 24.5 Å². The number of carboxylic acid groups (broad SMARTS) is 1. The molecule has 2 aromatic rings. The van der Waals surface area contributed by atoms with Gasteiger partial charge in [0.15, 0.2) is 0 Å². The third-order valence-electron chi connectivity index (χ3n) is 4.41. The van der Waals surface area contributed by atoms with Crippen LogP contribution in [0, 0.1) is 11.7 Å². The van der Waals surface area contributed by atoms with E-state index >= 15 is 0 Å². The molecule has 0 unspecified atom stereocenters. The molecule has 0 atom stereocenters. The van der Waals surface area contributed by atoms with Crippen molar-refractivity contribution in [1.82, 2.24) is 10.3 Å². The number of nitrogens with zero attached hydrogens (tertiary/aromatic N) is 2. The number of benzene rings is 1. The van der Waals surface area contributed by atoms with Gasteiger partial charge < -0.3 is 15.3 Å². The Hall–Kier alpha value is -2.63. The lowest BCUT2D eigenvalue weighted by Crippen LogP contribution is -2.38. The molecule has 1 aromatic heterocycles. The van der Waals surface area contributed by atoms with Crippen molar-refractivity contribution < 1.29 is 14.3 Å². The van der Waals surface area contributed by atoms with E-state index in [0.717, 1.165) is 42.9 Å². The van der Waals surface area contributed by atoms with E-state index in [0.29, 0.717) is 12.5 Å². The molecule has 0 aliphatic carbocycles. The Balaban J connectivity index is 1.58. The van der Waals surface area contributed by atoms with Gasteiger partial charge in [0.2, 0.25) is 0 Å². The van der Waals surface area contributed by atoms with Crippen LogP contribution in [0.1, 0.15) is 12.8 Å². The Bertz CT molecular complexity index is 680. The van der Waals surface area contributed by atoms with Gasteiger partial charge in [-0.2, -0.15) is 0 Å². The number of anilines is 1. The number of aromatic nitrogens is 1. The van der Waals surface area contributed by atoms with Crippen LogP contribution in [0.5, 0.6) is 0 Å². The van der Waals surface area contributed by atoms with Crippen molar-refractivity contribution >= 4 is 11.9 Å². The molecule has 3 rings (SSSR count). The van der Waals surface area contributed by atoms with Crippen LogP contribution in [0.25, 0.3) is 11.1 Å². The molecular weight excluding hydrogens is 309 g/mol. The number of amides is 1. The zero-order valence-corrected chi connectivity index (χ0v) is 13.3. The molecule has 0 spiro atoms. The van der Waals surface area contributed by atoms with E-state index < -0.39 is 6.09 Å². The number of hydrogen-bond donors (Lipinski definition) is 2. The van der Waals surface area contributed by atoms with Gasteiger partial charge in [-0.3, -0.25) is 0 Å². The second kappa shape index (κ2) is 7.29. The molecule has 1 fully saturated rings. The minimum Gasteiger partial charge on any atom is -0.465 e. The Morgan fingerprint density at radius 1 is 1.17 bits per heavy atom. The van der Waals surface area contributed by atoms with E-state index in [1.54, 1.807) is 18.3 Å². The van der Waals surface area contributed by atoms with Crippen LogP contribution in [0.15, 0.2) is 42.6 Å². The Morgan fingerprint density at radius 2 is 1.83 bits per heavy atom. The highest BCUT2D eigenvalue weighted by molar-refractivity contribution is 5.64. The zero-order valence-electron chi connectivity index (χ0n) is 13.3. The summed E-state index contributed by atoms with van der Waals surface area (Å²) in [6, 6.07) is 10.3. The molecule has 1 amide bonds. The molecule has 1 aliphatic heterocycles. The lowest BCUT2D eigenvalue weighted by molar-refractivity contribution is 0.191. The lowest BCUT2D eigenvalue weighted by Gasteiger charge is -2.32. The minimum atomic E-state index is -0.963. The van der Waals surface area contributed by atoms with E-state index in [4.69, 9.17) is 5.11 Å². The molecule has 0 saturated carbocycles. The predicted molar refractivity (Wildman–Crippen MR) is 90.6 cm³/mol. The lowest BCUT2D eigenvalue weighted by atomic mass is 9.97. The third-order valence-corrected chi connectivity index (χ3v) is 4.41. The molecular formula is C18H20FN3O2. The summed E-state index contributed by atoms with van der Waals surface area (Å²) in [6.45, 7) is 2.25. The van der Waals surface area contributed by atoms with Crippen molar-refractivity contribution in [3.05, 3.63) is 48.4 Å². The highest BCUT2D eigenvalue weighted by atomic mass is 19.1. The maximum absolute atomic E-state index is 13.0. The number of nitrogens with one attached hydrogen (secondary N) is 1. The van der Waals surface area contributed by atoms with E-state index in [2.05, 4.69) is 15.2 Å². The monoisotopic (exact) mass is 329 g/mol. The smallest absolute Gasteiger partial charge is 0.404 e. The molecule has 2 N–H and O–H groups in total. The minimum absolute atomic E-state index is 0.247. The first-order valence-electron chi connectivity index (χ1n) is 8.05. The van der Waals surface area contributed by atoms with E-state index in [9.17, 15) is 9.18 Å². The quantitative estimate of drug-likeness (QED) is 0.902. The van der Waals surface area contributed by atoms with Crippen molar-refractivity contribution in [3.63, 3.8) is 0 Å². The SMILES string of the molecule is O=C(O)NCC1CCN(c2ccc(-c3ccc(F)cc3)cn2)CC1. The number of halogens is 1. The van der Waals surface area contributed by atoms with Gasteiger partial charge in [0.05, 0.1) is 0 Å². The second-order valence-electron chi connectivity index (χ2n) is 6.03. The van der Waals surface area contributed by atoms with Crippen LogP contribution >= 0.6 is 0 Å². The highest BCUT2D eigenvalue weighted by Crippen LogP contribution is 2.24. The van der Waals surface area contributed by atoms with Gasteiger partial charge in [0.1, 0.15) is 11.6 Å². The van der Waals surface area contributed by atoms with Crippen LogP contribution < -0.4 is 10.2 Å². The summed E-state index contributed by atoms with van der Waals surface area (Å²) < 4.78 is 13.0. The fraction of sp³-hybridized carbons (Fsp3) is 0.333. The molecule has 6 heteroatoms. The van der Waals surface area contributed by atoms with Crippen LogP contribution in [0.2, 0.25) is 0 Å². The average Bonchev–Trinajstić information content (AvgIpc) is 2.61. The maximum Gasteiger partial charge on any atom is 0.404 e. The normalized spacial score (nSPS) is 15.3. The van der Waals surface area contributed by atoms with Crippen molar-refractivity contribution in [1.29, 1.82) is 0 Å². The van der Waals surface area contributed by atoms with Crippen molar-refractivity contribution in [3.8, 4) is 11.1 Å². The van der Waals surface area contributed by atoms with E-state index in [-0.39, 0.29) is 5.82 Å². The van der Waals surface area contributed by atoms with E-state index in [1.165, 1.54) is 12.1 Å². The van der Waals surface area contributed by atoms with Gasteiger partial charge in [0.25, 0.3) is 0 Å². The van der Waals surface area contributed by atoms with Gasteiger partial charge >= 0.3 is 6.09 Å². The number of piperidine rings is 1. The van der Waals surface area contributed by atoms with Crippen molar-refractivity contribution in [2.24, 2.45) is 5.92 Å². The Morgan fingerprint density at radius 3 is 2.42 bits per heavy atom. The fourth-order valence-electron chi connectivity index (χ4n) is 2.98. The average molecular weight is 329 g/mol. The first kappa shape index (κ1) is 16.2. The van der Waals surface area contributed by atoms with Gasteiger partial charge in [-0.15, -0.1) is 0 Å². The third kappa shape index (κ3) is 4.01. The molecule has 0 bridgehead atoms. The molecule has 126 valence electrons. The first-order valence-corrected chi connectivity index (χ1v) is 8.05. The summed E-state index contributed by atoms with van der Waals surface area (Å²) in [6.07, 6.45) is 2.74. The zero-order chi connectivity index (χ0) is 16.9. The maximum atomic E-state index is 13.0. The van der Waals surface area contributed by atoms with Gasteiger partial charge in [-0.05, 0) is 48.6 Å². The highest BCUT2D eigenvalue weighted by Gasteiger charge is 2.20. The first-order chi connectivity index (χ1) is 11.6. The van der Waals surface area contributed by atoms with Crippen LogP contribution in [0.3, 0.4) is 0 Å². The second-order valence-corrected chi connectivity index (χ2v) is 6.03. The van der Waals surface area contributed by atoms with E-state index in [1.807, 2.05) is 12.1 Å². The fourth-order valence-corrected chi connectivity index (χ4v) is 2.98. The molecule has 2 heterocycles. The number of pyridine rings is 1. The summed E-state index contributed by atoms with van der Waals surface area (Å²) in [4.78, 5) is 17.3. The predicted octanol–water partition coefficient (Wildman–Crippen LogP) is 3.37. The van der Waals surface area contributed by atoms with Gasteiger partial charge in [0, 0.05) is 31.4 Å². The topological polar surface area (TPSA) is 65.5 Å². The summed E-state index contributed by atoms with van der Waals surface area (Å²) >= 11 is 0. The van der Waals surface area contributed by atoms with Crippen LogP contribution in [-0.2, 0) is 0 Å². The molecule has 0 radical (unpaired) electrons. The van der Waals surface area contributed by atoms with Gasteiger partial charge in [-0.1, -0.05) is 12.1 Å². The molecule has 1 aliphatic rings. The summed E-state index contributed by atoms with van der Waals surface area (Å²) in [7, 11) is 0. The molecule has 1 aromatic carbocycles. The molecule has 24 heavy (non-hydrogen) atoms. The van der Waals surface area contributed by atoms with Gasteiger partial charge in [-0.25, -0.2) is 14.2 Å². The van der Waals surface area contributed by atoms with Crippen LogP contribution in [-0.4, -0.2) is 35.8 Å². The summed E-state index contributed by atoms with van der Waals surface area (Å²) in [5, 5.41) is 11.1. The number of rotatable bonds is 4. The van der Waals surface area contributed by atoms with Crippen molar-refractivity contribution in [2.45, 2.75) is 12.8 Å². The van der Waals surface area contributed by atoms with Crippen LogP contribution in [0.4, 0.5) is 15.0 Å². The number of carbonyl (C=O) groups is 1. The Kier molecular flexibility index (Phi) is 4.93. The molecule has 5 nitrogen and oxygen atoms in total. The Labute approximate surface area is 140 Å². The summed E-state index contributed by atoms with van der Waals surface area (Å²) in [5.41, 5.74) is 1.90.